The number of furan rings is 2. The molecule has 0 atom stereocenters. The first kappa shape index (κ1) is 40.4. The molecule has 3 heteroatoms. The molecule has 0 spiro atoms. The van der Waals surface area contributed by atoms with Gasteiger partial charge >= 0.3 is 0 Å². The number of nitrogens with zero attached hydrogens (tertiary/aromatic N) is 1. The summed E-state index contributed by atoms with van der Waals surface area (Å²) in [5.74, 6) is 0. The number of hydrogen-bond acceptors (Lipinski definition) is 3. The van der Waals surface area contributed by atoms with E-state index in [9.17, 15) is 0 Å². The molecule has 0 saturated heterocycles. The van der Waals surface area contributed by atoms with Gasteiger partial charge in [0.2, 0.25) is 0 Å². The summed E-state index contributed by atoms with van der Waals surface area (Å²) in [4.78, 5) is 2.44. The van der Waals surface area contributed by atoms with E-state index in [0.29, 0.717) is 0 Å². The van der Waals surface area contributed by atoms with Gasteiger partial charge in [0.15, 0.2) is 0 Å². The Morgan fingerprint density at radius 2 is 0.806 bits per heavy atom. The topological polar surface area (TPSA) is 29.5 Å². The summed E-state index contributed by atoms with van der Waals surface area (Å²) in [5.41, 5.74) is 18.1. The summed E-state index contributed by atoms with van der Waals surface area (Å²) in [7, 11) is 0. The van der Waals surface area contributed by atoms with Crippen LogP contribution < -0.4 is 4.90 Å². The summed E-state index contributed by atoms with van der Waals surface area (Å²) in [5, 5.41) is 9.10. The van der Waals surface area contributed by atoms with Crippen molar-refractivity contribution < 1.29 is 8.83 Å². The average Bonchev–Trinajstić information content (AvgIpc) is 4.13. The standard InChI is InChI=1S/C69H43NO2/c1-3-17-49(18-4-1)69(50-19-5-2-6-20-50)61-26-12-11-23-60(61)65-62(69)27-14-28-63(65)70(51-36-29-44(30-37-51)48-35-40-56-58-41-33-45-15-7-9-21-53(45)66(58)71-64(56)43-48)52-38-31-47(32-39-52)55-24-13-25-57-59-42-34-46-16-8-10-22-54(46)68(59)72-67(55)57/h1-43H. The third kappa shape index (κ3) is 5.92. The highest BCUT2D eigenvalue weighted by Gasteiger charge is 2.47. The van der Waals surface area contributed by atoms with Gasteiger partial charge in [-0.2, -0.15) is 0 Å². The zero-order valence-corrected chi connectivity index (χ0v) is 39.1. The highest BCUT2D eigenvalue weighted by atomic mass is 16.3. The quantitative estimate of drug-likeness (QED) is 0.160. The maximum Gasteiger partial charge on any atom is 0.143 e. The second-order valence-electron chi connectivity index (χ2n) is 19.1. The van der Waals surface area contributed by atoms with E-state index in [0.717, 1.165) is 94.0 Å². The van der Waals surface area contributed by atoms with Gasteiger partial charge < -0.3 is 13.7 Å². The van der Waals surface area contributed by atoms with E-state index in [1.54, 1.807) is 0 Å². The molecule has 0 fully saturated rings. The van der Waals surface area contributed by atoms with Crippen LogP contribution in [0.2, 0.25) is 0 Å². The Morgan fingerprint density at radius 3 is 1.50 bits per heavy atom. The van der Waals surface area contributed by atoms with Crippen molar-refractivity contribution in [3.05, 3.63) is 283 Å². The molecule has 0 bridgehead atoms. The first-order valence-corrected chi connectivity index (χ1v) is 24.7. The monoisotopic (exact) mass is 917 g/mol. The van der Waals surface area contributed by atoms with E-state index in [-0.39, 0.29) is 0 Å². The second kappa shape index (κ2) is 15.8. The molecule has 0 amide bonds. The number of rotatable bonds is 7. The Kier molecular flexibility index (Phi) is 8.87. The molecule has 0 unspecified atom stereocenters. The molecule has 336 valence electrons. The van der Waals surface area contributed by atoms with E-state index >= 15 is 0 Å². The minimum Gasteiger partial charge on any atom is -0.455 e. The zero-order chi connectivity index (χ0) is 47.3. The van der Waals surface area contributed by atoms with E-state index in [1.807, 2.05) is 0 Å². The van der Waals surface area contributed by atoms with E-state index < -0.39 is 5.41 Å². The lowest BCUT2D eigenvalue weighted by Crippen LogP contribution is -2.28. The number of anilines is 3. The van der Waals surface area contributed by atoms with Crippen LogP contribution in [0.25, 0.3) is 98.8 Å². The molecule has 14 aromatic rings. The van der Waals surface area contributed by atoms with Gasteiger partial charge in [0.25, 0.3) is 0 Å². The Balaban J connectivity index is 0.905. The molecule has 3 nitrogen and oxygen atoms in total. The van der Waals surface area contributed by atoms with Gasteiger partial charge in [-0.15, -0.1) is 0 Å². The van der Waals surface area contributed by atoms with Crippen LogP contribution in [0.15, 0.2) is 270 Å². The smallest absolute Gasteiger partial charge is 0.143 e. The predicted octanol–water partition coefficient (Wildman–Crippen LogP) is 19.0. The number of hydrogen-bond donors (Lipinski definition) is 0. The van der Waals surface area contributed by atoms with Crippen LogP contribution in [-0.2, 0) is 5.41 Å². The third-order valence-corrected chi connectivity index (χ3v) is 15.3. The summed E-state index contributed by atoms with van der Waals surface area (Å²) in [6, 6.07) is 94.8. The molecule has 12 aromatic carbocycles. The highest BCUT2D eigenvalue weighted by molar-refractivity contribution is 6.18. The fourth-order valence-electron chi connectivity index (χ4n) is 12.1. The molecule has 0 saturated carbocycles. The first-order chi connectivity index (χ1) is 35.7. The molecule has 1 aliphatic rings. The van der Waals surface area contributed by atoms with Gasteiger partial charge in [-0.1, -0.05) is 206 Å². The van der Waals surface area contributed by atoms with E-state index in [1.165, 1.54) is 44.2 Å². The number of para-hydroxylation sites is 1. The van der Waals surface area contributed by atoms with E-state index in [4.69, 9.17) is 8.83 Å². The van der Waals surface area contributed by atoms with Crippen LogP contribution in [0.1, 0.15) is 22.3 Å². The van der Waals surface area contributed by atoms with Crippen LogP contribution >= 0.6 is 0 Å². The first-order valence-electron chi connectivity index (χ1n) is 24.7. The normalized spacial score (nSPS) is 12.8. The summed E-state index contributed by atoms with van der Waals surface area (Å²) in [6.45, 7) is 0. The fourth-order valence-corrected chi connectivity index (χ4v) is 12.1. The van der Waals surface area contributed by atoms with Gasteiger partial charge in [-0.05, 0) is 110 Å². The van der Waals surface area contributed by atoms with Crippen LogP contribution in [0.3, 0.4) is 0 Å². The zero-order valence-electron chi connectivity index (χ0n) is 39.1. The van der Waals surface area contributed by atoms with Crippen molar-refractivity contribution in [1.29, 1.82) is 0 Å². The average molecular weight is 918 g/mol. The van der Waals surface area contributed by atoms with E-state index in [2.05, 4.69) is 266 Å². The lowest BCUT2D eigenvalue weighted by Gasteiger charge is -2.34. The minimum atomic E-state index is -0.540. The molecule has 0 radical (unpaired) electrons. The molecular formula is C69H43NO2. The molecule has 72 heavy (non-hydrogen) atoms. The molecule has 0 aliphatic heterocycles. The summed E-state index contributed by atoms with van der Waals surface area (Å²) in [6.07, 6.45) is 0. The third-order valence-electron chi connectivity index (χ3n) is 15.3. The number of fused-ring (bicyclic) bond motifs is 13. The Hall–Kier alpha value is -9.44. The van der Waals surface area contributed by atoms with Gasteiger partial charge in [0.1, 0.15) is 22.3 Å². The number of benzene rings is 12. The molecule has 2 heterocycles. The maximum absolute atomic E-state index is 6.83. The minimum absolute atomic E-state index is 0.540. The lowest BCUT2D eigenvalue weighted by atomic mass is 9.68. The predicted molar refractivity (Wildman–Crippen MR) is 299 cm³/mol. The molecule has 2 aromatic heterocycles. The Morgan fingerprint density at radius 1 is 0.306 bits per heavy atom. The maximum atomic E-state index is 6.83. The van der Waals surface area contributed by atoms with Crippen LogP contribution in [0, 0.1) is 0 Å². The van der Waals surface area contributed by atoms with Crippen molar-refractivity contribution in [2.75, 3.05) is 4.90 Å². The summed E-state index contributed by atoms with van der Waals surface area (Å²) < 4.78 is 13.5. The largest absolute Gasteiger partial charge is 0.455 e. The second-order valence-corrected chi connectivity index (χ2v) is 19.1. The van der Waals surface area contributed by atoms with Gasteiger partial charge in [0, 0.05) is 54.8 Å². The van der Waals surface area contributed by atoms with Crippen LogP contribution in [0.5, 0.6) is 0 Å². The van der Waals surface area contributed by atoms with Crippen molar-refractivity contribution >= 4 is 82.5 Å². The Bertz CT molecular complexity index is 4390. The van der Waals surface area contributed by atoms with Gasteiger partial charge in [0.05, 0.1) is 11.1 Å². The lowest BCUT2D eigenvalue weighted by molar-refractivity contribution is 0.672. The van der Waals surface area contributed by atoms with Gasteiger partial charge in [-0.25, -0.2) is 0 Å². The van der Waals surface area contributed by atoms with Crippen molar-refractivity contribution in [2.24, 2.45) is 0 Å². The molecule has 1 aliphatic carbocycles. The van der Waals surface area contributed by atoms with Crippen molar-refractivity contribution in [3.63, 3.8) is 0 Å². The molecular weight excluding hydrogens is 875 g/mol. The van der Waals surface area contributed by atoms with Crippen LogP contribution in [0.4, 0.5) is 17.1 Å². The fraction of sp³-hybridized carbons (Fsp3) is 0.0145. The van der Waals surface area contributed by atoms with Crippen molar-refractivity contribution in [2.45, 2.75) is 5.41 Å². The SMILES string of the molecule is c1ccc(C2(c3ccccc3)c3ccccc3-c3c(N(c4ccc(-c5ccc6c(c5)oc5c7ccccc7ccc65)cc4)c4ccc(-c5cccc6c5oc5c7ccccc7ccc65)cc4)cccc32)cc1. The molecule has 0 N–H and O–H groups in total. The highest BCUT2D eigenvalue weighted by Crippen LogP contribution is 2.59. The van der Waals surface area contributed by atoms with Crippen molar-refractivity contribution in [1.82, 2.24) is 0 Å². The van der Waals surface area contributed by atoms with Crippen LogP contribution in [-0.4, -0.2) is 0 Å². The van der Waals surface area contributed by atoms with Crippen molar-refractivity contribution in [3.8, 4) is 33.4 Å². The molecule has 15 rings (SSSR count). The summed E-state index contributed by atoms with van der Waals surface area (Å²) >= 11 is 0. The Labute approximate surface area is 416 Å². The van der Waals surface area contributed by atoms with Gasteiger partial charge in [-0.3, -0.25) is 0 Å².